The molecule has 0 radical (unpaired) electrons. The van der Waals surface area contributed by atoms with Crippen LogP contribution < -0.4 is 5.32 Å². The Morgan fingerprint density at radius 3 is 2.68 bits per heavy atom. The molecule has 0 amide bonds. The monoisotopic (exact) mass is 283 g/mol. The summed E-state index contributed by atoms with van der Waals surface area (Å²) in [5, 5.41) is 3.48. The number of nitrogens with one attached hydrogen (secondary N) is 1. The van der Waals surface area contributed by atoms with Crippen molar-refractivity contribution in [1.82, 2.24) is 9.97 Å². The van der Waals surface area contributed by atoms with Crippen LogP contribution in [0.15, 0.2) is 6.07 Å². The summed E-state index contributed by atoms with van der Waals surface area (Å²) in [6.07, 6.45) is 2.20. The quantitative estimate of drug-likeness (QED) is 0.665. The number of esters is 1. The molecule has 1 unspecified atom stereocenters. The maximum Gasteiger partial charge on any atom is 0.328 e. The van der Waals surface area contributed by atoms with Gasteiger partial charge in [0.15, 0.2) is 0 Å². The summed E-state index contributed by atoms with van der Waals surface area (Å²) in [6, 6.07) is 1.19. The van der Waals surface area contributed by atoms with Gasteiger partial charge >= 0.3 is 5.97 Å². The van der Waals surface area contributed by atoms with Gasteiger partial charge in [0.25, 0.3) is 0 Å². The van der Waals surface area contributed by atoms with Crippen molar-refractivity contribution in [3.63, 3.8) is 0 Å². The van der Waals surface area contributed by atoms with Crippen LogP contribution in [-0.2, 0) is 9.53 Å². The van der Waals surface area contributed by atoms with Crippen molar-refractivity contribution < 1.29 is 9.53 Å². The summed E-state index contributed by atoms with van der Waals surface area (Å²) in [5.41, 5.74) is 0. The number of carbonyl (C=O) groups is 1. The Morgan fingerprint density at radius 2 is 2.16 bits per heavy atom. The zero-order valence-electron chi connectivity index (χ0n) is 11.3. The zero-order chi connectivity index (χ0) is 14.0. The number of rotatable bonds is 5. The lowest BCUT2D eigenvalue weighted by atomic mass is 10.0. The molecule has 0 aromatic carbocycles. The highest BCUT2D eigenvalue weighted by Crippen LogP contribution is 2.38. The molecule has 19 heavy (non-hydrogen) atoms. The van der Waals surface area contributed by atoms with E-state index in [2.05, 4.69) is 15.3 Å². The fourth-order valence-corrected chi connectivity index (χ4v) is 2.01. The molecule has 1 N–H and O–H groups in total. The van der Waals surface area contributed by atoms with Crippen LogP contribution in [0.3, 0.4) is 0 Å². The van der Waals surface area contributed by atoms with Crippen molar-refractivity contribution in [1.29, 1.82) is 0 Å². The highest BCUT2D eigenvalue weighted by atomic mass is 35.5. The number of nitrogens with zero attached hydrogens (tertiary/aromatic N) is 2. The first-order valence-electron chi connectivity index (χ1n) is 6.40. The second-order valence-electron chi connectivity index (χ2n) is 5.10. The molecule has 6 heteroatoms. The van der Waals surface area contributed by atoms with Crippen LogP contribution in [0.5, 0.6) is 0 Å². The third-order valence-corrected chi connectivity index (χ3v) is 3.27. The van der Waals surface area contributed by atoms with Crippen molar-refractivity contribution in [2.45, 2.75) is 38.6 Å². The van der Waals surface area contributed by atoms with E-state index >= 15 is 0 Å². The lowest BCUT2D eigenvalue weighted by Gasteiger charge is -2.20. The van der Waals surface area contributed by atoms with Gasteiger partial charge in [-0.2, -0.15) is 0 Å². The van der Waals surface area contributed by atoms with Crippen LogP contribution in [0.1, 0.15) is 38.4 Å². The van der Waals surface area contributed by atoms with Crippen LogP contribution >= 0.6 is 11.6 Å². The van der Waals surface area contributed by atoms with E-state index in [0.717, 1.165) is 18.7 Å². The Morgan fingerprint density at radius 1 is 1.47 bits per heavy atom. The first-order valence-corrected chi connectivity index (χ1v) is 6.78. The van der Waals surface area contributed by atoms with E-state index in [1.807, 2.05) is 13.8 Å². The molecule has 1 aromatic rings. The number of carbonyl (C=O) groups excluding carboxylic acids is 1. The standard InChI is InChI=1S/C13H18ClN3O2/c1-7(2)11(13(18)19-3)16-10-6-9(14)15-12(17-10)8-4-5-8/h6-8,11H,4-5H2,1-3H3,(H,15,16,17). The van der Waals surface area contributed by atoms with Crippen molar-refractivity contribution in [2.75, 3.05) is 12.4 Å². The molecule has 0 bridgehead atoms. The van der Waals surface area contributed by atoms with E-state index in [4.69, 9.17) is 16.3 Å². The van der Waals surface area contributed by atoms with Gasteiger partial charge in [0.1, 0.15) is 22.8 Å². The minimum absolute atomic E-state index is 0.0885. The van der Waals surface area contributed by atoms with Gasteiger partial charge in [0, 0.05) is 12.0 Å². The summed E-state index contributed by atoms with van der Waals surface area (Å²) in [5.74, 6) is 1.52. The molecule has 0 aliphatic heterocycles. The van der Waals surface area contributed by atoms with E-state index in [0.29, 0.717) is 16.9 Å². The molecule has 0 spiro atoms. The third-order valence-electron chi connectivity index (χ3n) is 3.08. The van der Waals surface area contributed by atoms with E-state index in [1.165, 1.54) is 7.11 Å². The smallest absolute Gasteiger partial charge is 0.328 e. The minimum atomic E-state index is -0.442. The van der Waals surface area contributed by atoms with Crippen molar-refractivity contribution in [2.24, 2.45) is 5.92 Å². The fraction of sp³-hybridized carbons (Fsp3) is 0.615. The molecular formula is C13H18ClN3O2. The average molecular weight is 284 g/mol. The summed E-state index contributed by atoms with van der Waals surface area (Å²) in [4.78, 5) is 20.3. The first-order chi connectivity index (χ1) is 9.01. The van der Waals surface area contributed by atoms with Gasteiger partial charge in [-0.1, -0.05) is 25.4 Å². The van der Waals surface area contributed by atoms with Gasteiger partial charge in [0.2, 0.25) is 0 Å². The molecule has 1 aliphatic carbocycles. The number of anilines is 1. The summed E-state index contributed by atoms with van der Waals surface area (Å²) in [6.45, 7) is 3.89. The van der Waals surface area contributed by atoms with Gasteiger partial charge in [-0.3, -0.25) is 0 Å². The maximum atomic E-state index is 11.7. The SMILES string of the molecule is COC(=O)C(Nc1cc(Cl)nc(C2CC2)n1)C(C)C. The Bertz CT molecular complexity index is 475. The average Bonchev–Trinajstić information content (AvgIpc) is 3.18. The molecule has 5 nitrogen and oxygen atoms in total. The molecule has 104 valence electrons. The normalized spacial score (nSPS) is 16.3. The van der Waals surface area contributed by atoms with E-state index in [1.54, 1.807) is 6.07 Å². The Balaban J connectivity index is 2.18. The molecule has 1 atom stereocenters. The predicted molar refractivity (Wildman–Crippen MR) is 73.3 cm³/mol. The van der Waals surface area contributed by atoms with Crippen molar-refractivity contribution in [3.8, 4) is 0 Å². The van der Waals surface area contributed by atoms with Gasteiger partial charge in [-0.25, -0.2) is 14.8 Å². The van der Waals surface area contributed by atoms with Crippen LogP contribution in [0, 0.1) is 5.92 Å². The number of hydrogen-bond acceptors (Lipinski definition) is 5. The largest absolute Gasteiger partial charge is 0.467 e. The third kappa shape index (κ3) is 3.56. The zero-order valence-corrected chi connectivity index (χ0v) is 12.1. The summed E-state index contributed by atoms with van der Waals surface area (Å²) >= 11 is 5.99. The number of hydrogen-bond donors (Lipinski definition) is 1. The second kappa shape index (κ2) is 5.74. The number of methoxy groups -OCH3 is 1. The number of halogens is 1. The topological polar surface area (TPSA) is 64.1 Å². The van der Waals surface area contributed by atoms with Crippen molar-refractivity contribution >= 4 is 23.4 Å². The van der Waals surface area contributed by atoms with Crippen LogP contribution in [0.25, 0.3) is 0 Å². The van der Waals surface area contributed by atoms with E-state index in [9.17, 15) is 4.79 Å². The maximum absolute atomic E-state index is 11.7. The van der Waals surface area contributed by atoms with Gasteiger partial charge < -0.3 is 10.1 Å². The van der Waals surface area contributed by atoms with E-state index in [-0.39, 0.29) is 11.9 Å². The highest BCUT2D eigenvalue weighted by Gasteiger charge is 2.28. The van der Waals surface area contributed by atoms with Gasteiger partial charge in [0.05, 0.1) is 7.11 Å². The lowest BCUT2D eigenvalue weighted by Crippen LogP contribution is -2.35. The molecule has 2 rings (SSSR count). The van der Waals surface area contributed by atoms with Crippen LogP contribution in [0.2, 0.25) is 5.15 Å². The van der Waals surface area contributed by atoms with Gasteiger partial charge in [-0.15, -0.1) is 0 Å². The molecule has 1 fully saturated rings. The second-order valence-corrected chi connectivity index (χ2v) is 5.48. The molecule has 1 saturated carbocycles. The molecular weight excluding hydrogens is 266 g/mol. The fourth-order valence-electron chi connectivity index (χ4n) is 1.82. The molecule has 1 aromatic heterocycles. The number of aromatic nitrogens is 2. The molecule has 1 aliphatic rings. The van der Waals surface area contributed by atoms with Crippen LogP contribution in [0.4, 0.5) is 5.82 Å². The summed E-state index contributed by atoms with van der Waals surface area (Å²) < 4.78 is 4.79. The minimum Gasteiger partial charge on any atom is -0.467 e. The lowest BCUT2D eigenvalue weighted by molar-refractivity contribution is -0.142. The number of ether oxygens (including phenoxy) is 1. The highest BCUT2D eigenvalue weighted by molar-refractivity contribution is 6.29. The molecule has 1 heterocycles. The van der Waals surface area contributed by atoms with Crippen molar-refractivity contribution in [3.05, 3.63) is 17.0 Å². The molecule has 0 saturated heterocycles. The Kier molecular flexibility index (Phi) is 4.24. The predicted octanol–water partition coefficient (Wildman–Crippen LogP) is 2.62. The Hall–Kier alpha value is -1.36. The van der Waals surface area contributed by atoms with Gasteiger partial charge in [-0.05, 0) is 18.8 Å². The van der Waals surface area contributed by atoms with E-state index < -0.39 is 6.04 Å². The Labute approximate surface area is 117 Å². The summed E-state index contributed by atoms with van der Waals surface area (Å²) in [7, 11) is 1.38. The first kappa shape index (κ1) is 14.1. The van der Waals surface area contributed by atoms with Crippen LogP contribution in [-0.4, -0.2) is 29.1 Å².